The van der Waals surface area contributed by atoms with Crippen LogP contribution in [0.1, 0.15) is 23.8 Å². The van der Waals surface area contributed by atoms with Crippen molar-refractivity contribution in [2.75, 3.05) is 20.8 Å². The van der Waals surface area contributed by atoms with E-state index in [1.807, 2.05) is 17.4 Å². The molecule has 4 heteroatoms. The molecule has 0 spiro atoms. The predicted molar refractivity (Wildman–Crippen MR) is 81.1 cm³/mol. The van der Waals surface area contributed by atoms with Gasteiger partial charge in [-0.1, -0.05) is 6.92 Å². The maximum atomic E-state index is 5.35. The molecule has 0 amide bonds. The lowest BCUT2D eigenvalue weighted by Gasteiger charge is -2.05. The molecule has 2 aromatic rings. The summed E-state index contributed by atoms with van der Waals surface area (Å²) in [6.45, 7) is 4.80. The Labute approximate surface area is 118 Å². The number of methoxy groups -OCH3 is 2. The molecule has 104 valence electrons. The molecule has 0 bridgehead atoms. The van der Waals surface area contributed by atoms with E-state index in [-0.39, 0.29) is 0 Å². The fourth-order valence-electron chi connectivity index (χ4n) is 2.13. The molecule has 3 nitrogen and oxygen atoms in total. The monoisotopic (exact) mass is 279 g/mol. The second-order valence-electron chi connectivity index (χ2n) is 4.48. The van der Waals surface area contributed by atoms with Crippen molar-refractivity contribution in [3.05, 3.63) is 28.6 Å². The van der Waals surface area contributed by atoms with Gasteiger partial charge in [-0.25, -0.2) is 0 Å². The molecule has 1 aromatic carbocycles. The summed E-state index contributed by atoms with van der Waals surface area (Å²) in [6, 6.07) is 6.24. The SMILES string of the molecule is CCCNCc1sc2cc(OC)ccc2c1COC. The fraction of sp³-hybridized carbons (Fsp3) is 0.467. The zero-order chi connectivity index (χ0) is 13.7. The smallest absolute Gasteiger partial charge is 0.120 e. The van der Waals surface area contributed by atoms with Gasteiger partial charge in [0.25, 0.3) is 0 Å². The highest BCUT2D eigenvalue weighted by molar-refractivity contribution is 7.19. The summed E-state index contributed by atoms with van der Waals surface area (Å²) in [5.74, 6) is 0.908. The number of benzene rings is 1. The molecular weight excluding hydrogens is 258 g/mol. The molecule has 0 saturated heterocycles. The highest BCUT2D eigenvalue weighted by atomic mass is 32.1. The first-order valence-electron chi connectivity index (χ1n) is 6.58. The third kappa shape index (κ3) is 3.26. The van der Waals surface area contributed by atoms with Crippen molar-refractivity contribution in [1.29, 1.82) is 0 Å². The van der Waals surface area contributed by atoms with Gasteiger partial charge in [-0.2, -0.15) is 0 Å². The predicted octanol–water partition coefficient (Wildman–Crippen LogP) is 3.56. The molecule has 1 N–H and O–H groups in total. The summed E-state index contributed by atoms with van der Waals surface area (Å²) in [6.07, 6.45) is 1.15. The first kappa shape index (κ1) is 14.3. The lowest BCUT2D eigenvalue weighted by atomic mass is 10.1. The molecule has 0 radical (unpaired) electrons. The molecule has 2 rings (SSSR count). The Hall–Kier alpha value is -1.10. The highest BCUT2D eigenvalue weighted by Gasteiger charge is 2.12. The molecule has 0 fully saturated rings. The van der Waals surface area contributed by atoms with Crippen LogP contribution in [0, 0.1) is 0 Å². The minimum atomic E-state index is 0.662. The number of hydrogen-bond acceptors (Lipinski definition) is 4. The average Bonchev–Trinajstić information content (AvgIpc) is 2.77. The van der Waals surface area contributed by atoms with Crippen molar-refractivity contribution in [1.82, 2.24) is 5.32 Å². The maximum absolute atomic E-state index is 5.35. The van der Waals surface area contributed by atoms with Crippen LogP contribution in [-0.4, -0.2) is 20.8 Å². The van der Waals surface area contributed by atoms with Gasteiger partial charge in [0.1, 0.15) is 5.75 Å². The third-order valence-corrected chi connectivity index (χ3v) is 4.28. The Morgan fingerprint density at radius 3 is 2.79 bits per heavy atom. The summed E-state index contributed by atoms with van der Waals surface area (Å²) < 4.78 is 11.9. The molecule has 0 unspecified atom stereocenters. The molecule has 1 heterocycles. The van der Waals surface area contributed by atoms with E-state index in [4.69, 9.17) is 9.47 Å². The molecule has 0 aliphatic heterocycles. The third-order valence-electron chi connectivity index (χ3n) is 3.08. The molecular formula is C15H21NO2S. The number of fused-ring (bicyclic) bond motifs is 1. The topological polar surface area (TPSA) is 30.5 Å². The van der Waals surface area contributed by atoms with Gasteiger partial charge >= 0.3 is 0 Å². The summed E-state index contributed by atoms with van der Waals surface area (Å²) in [5, 5.41) is 4.74. The van der Waals surface area contributed by atoms with Gasteiger partial charge in [-0.15, -0.1) is 11.3 Å². The zero-order valence-electron chi connectivity index (χ0n) is 11.8. The van der Waals surface area contributed by atoms with Gasteiger partial charge in [0.05, 0.1) is 13.7 Å². The Balaban J connectivity index is 2.34. The van der Waals surface area contributed by atoms with E-state index in [1.54, 1.807) is 14.2 Å². The van der Waals surface area contributed by atoms with Crippen LogP contribution in [0.15, 0.2) is 18.2 Å². The van der Waals surface area contributed by atoms with Crippen LogP contribution in [0.4, 0.5) is 0 Å². The van der Waals surface area contributed by atoms with Crippen LogP contribution < -0.4 is 10.1 Å². The van der Waals surface area contributed by atoms with Gasteiger partial charge in [-0.05, 0) is 36.6 Å². The van der Waals surface area contributed by atoms with Crippen molar-refractivity contribution in [3.8, 4) is 5.75 Å². The van der Waals surface area contributed by atoms with Gasteiger partial charge < -0.3 is 14.8 Å². The number of nitrogens with one attached hydrogen (secondary N) is 1. The second-order valence-corrected chi connectivity index (χ2v) is 5.61. The Morgan fingerprint density at radius 1 is 1.26 bits per heavy atom. The van der Waals surface area contributed by atoms with Crippen LogP contribution in [0.5, 0.6) is 5.75 Å². The quantitative estimate of drug-likeness (QED) is 0.786. The van der Waals surface area contributed by atoms with Crippen LogP contribution >= 0.6 is 11.3 Å². The molecule has 1 aromatic heterocycles. The van der Waals surface area contributed by atoms with Crippen molar-refractivity contribution in [2.24, 2.45) is 0 Å². The first-order chi connectivity index (χ1) is 9.30. The fourth-order valence-corrected chi connectivity index (χ4v) is 3.34. The van der Waals surface area contributed by atoms with Crippen LogP contribution in [0.3, 0.4) is 0 Å². The minimum absolute atomic E-state index is 0.662. The van der Waals surface area contributed by atoms with E-state index in [0.29, 0.717) is 6.61 Å². The highest BCUT2D eigenvalue weighted by Crippen LogP contribution is 2.34. The zero-order valence-corrected chi connectivity index (χ0v) is 12.6. The Morgan fingerprint density at radius 2 is 2.11 bits per heavy atom. The van der Waals surface area contributed by atoms with Crippen molar-refractivity contribution in [2.45, 2.75) is 26.5 Å². The standard InChI is InChI=1S/C15H21NO2S/c1-4-7-16-9-15-13(10-17-2)12-6-5-11(18-3)8-14(12)19-15/h5-6,8,16H,4,7,9-10H2,1-3H3. The molecule has 19 heavy (non-hydrogen) atoms. The number of thiophene rings is 1. The Bertz CT molecular complexity index is 536. The summed E-state index contributed by atoms with van der Waals surface area (Å²) in [4.78, 5) is 1.36. The first-order valence-corrected chi connectivity index (χ1v) is 7.39. The summed E-state index contributed by atoms with van der Waals surface area (Å²) in [7, 11) is 3.45. The van der Waals surface area contributed by atoms with Crippen LogP contribution in [0.2, 0.25) is 0 Å². The largest absolute Gasteiger partial charge is 0.497 e. The van der Waals surface area contributed by atoms with Crippen molar-refractivity contribution in [3.63, 3.8) is 0 Å². The minimum Gasteiger partial charge on any atom is -0.497 e. The van der Waals surface area contributed by atoms with Gasteiger partial charge in [0, 0.05) is 28.8 Å². The van der Waals surface area contributed by atoms with E-state index in [1.165, 1.54) is 20.5 Å². The lowest BCUT2D eigenvalue weighted by molar-refractivity contribution is 0.185. The maximum Gasteiger partial charge on any atom is 0.120 e. The molecule has 0 aliphatic carbocycles. The van der Waals surface area contributed by atoms with Crippen molar-refractivity contribution < 1.29 is 9.47 Å². The number of hydrogen-bond donors (Lipinski definition) is 1. The van der Waals surface area contributed by atoms with E-state index >= 15 is 0 Å². The van der Waals surface area contributed by atoms with Crippen LogP contribution in [-0.2, 0) is 17.9 Å². The van der Waals surface area contributed by atoms with Gasteiger partial charge in [-0.3, -0.25) is 0 Å². The molecule has 0 saturated carbocycles. The molecule has 0 aliphatic rings. The van der Waals surface area contributed by atoms with Crippen molar-refractivity contribution >= 4 is 21.4 Å². The normalized spacial score (nSPS) is 11.1. The van der Waals surface area contributed by atoms with Gasteiger partial charge in [0.2, 0.25) is 0 Å². The lowest BCUT2D eigenvalue weighted by Crippen LogP contribution is -2.13. The Kier molecular flexibility index (Phi) is 5.19. The number of rotatable bonds is 7. The number of ether oxygens (including phenoxy) is 2. The van der Waals surface area contributed by atoms with Gasteiger partial charge in [0.15, 0.2) is 0 Å². The second kappa shape index (κ2) is 6.89. The van der Waals surface area contributed by atoms with E-state index in [0.717, 1.165) is 25.3 Å². The average molecular weight is 279 g/mol. The van der Waals surface area contributed by atoms with E-state index < -0.39 is 0 Å². The van der Waals surface area contributed by atoms with Crippen LogP contribution in [0.25, 0.3) is 10.1 Å². The summed E-state index contributed by atoms with van der Waals surface area (Å²) >= 11 is 1.82. The van der Waals surface area contributed by atoms with E-state index in [2.05, 4.69) is 24.4 Å². The summed E-state index contributed by atoms with van der Waals surface area (Å²) in [5.41, 5.74) is 1.30. The molecule has 0 atom stereocenters. The van der Waals surface area contributed by atoms with E-state index in [9.17, 15) is 0 Å².